The van der Waals surface area contributed by atoms with E-state index in [1.54, 1.807) is 5.38 Å². The molecule has 0 aliphatic rings. The van der Waals surface area contributed by atoms with Gasteiger partial charge >= 0.3 is 0 Å². The highest BCUT2D eigenvalue weighted by Crippen LogP contribution is 2.22. The highest BCUT2D eigenvalue weighted by atomic mass is 32.1. The minimum absolute atomic E-state index is 0.0290. The molecule has 2 aromatic rings. The number of hydrogen-bond donors (Lipinski definition) is 1. The van der Waals surface area contributed by atoms with Gasteiger partial charge in [-0.05, 0) is 18.6 Å². The molecule has 1 aromatic carbocycles. The fourth-order valence-electron chi connectivity index (χ4n) is 2.13. The molecular weight excluding hydrogens is 336 g/mol. The lowest BCUT2D eigenvalue weighted by atomic mass is 10.2. The van der Waals surface area contributed by atoms with E-state index in [4.69, 9.17) is 0 Å². The van der Waals surface area contributed by atoms with Crippen molar-refractivity contribution in [2.75, 3.05) is 11.4 Å². The maximum Gasteiger partial charge on any atom is 0.262 e. The Labute approximate surface area is 150 Å². The first-order valence-corrected chi connectivity index (χ1v) is 8.60. The van der Waals surface area contributed by atoms with Gasteiger partial charge in [0, 0.05) is 25.4 Å². The summed E-state index contributed by atoms with van der Waals surface area (Å²) in [4.78, 5) is 29.6. The molecule has 0 unspecified atom stereocenters. The molecule has 0 aliphatic carbocycles. The van der Waals surface area contributed by atoms with Crippen molar-refractivity contribution in [3.8, 4) is 6.07 Å². The zero-order valence-corrected chi connectivity index (χ0v) is 14.8. The van der Waals surface area contributed by atoms with Gasteiger partial charge in [0.2, 0.25) is 5.91 Å². The molecule has 0 aliphatic heterocycles. The molecule has 1 N–H and O–H groups in total. The third kappa shape index (κ3) is 4.99. The smallest absolute Gasteiger partial charge is 0.262 e. The van der Waals surface area contributed by atoms with Gasteiger partial charge in [0.05, 0.1) is 5.69 Å². The average molecular weight is 354 g/mol. The molecule has 0 atom stereocenters. The molecular formula is C18H18N4O2S. The quantitative estimate of drug-likeness (QED) is 0.638. The van der Waals surface area contributed by atoms with Gasteiger partial charge in [0.1, 0.15) is 11.6 Å². The number of anilines is 1. The third-order valence-electron chi connectivity index (χ3n) is 3.39. The van der Waals surface area contributed by atoms with E-state index < -0.39 is 5.91 Å². The predicted octanol–water partition coefficient (Wildman–Crippen LogP) is 2.74. The summed E-state index contributed by atoms with van der Waals surface area (Å²) in [5.74, 6) is -0.562. The van der Waals surface area contributed by atoms with E-state index in [0.717, 1.165) is 5.56 Å². The first-order chi connectivity index (χ1) is 12.0. The second-order valence-electron chi connectivity index (χ2n) is 5.16. The molecule has 2 rings (SSSR count). The van der Waals surface area contributed by atoms with Crippen molar-refractivity contribution in [1.82, 2.24) is 10.3 Å². The normalized spacial score (nSPS) is 10.8. The second kappa shape index (κ2) is 8.76. The van der Waals surface area contributed by atoms with E-state index in [1.165, 1.54) is 29.2 Å². The van der Waals surface area contributed by atoms with E-state index in [2.05, 4.69) is 10.3 Å². The van der Waals surface area contributed by atoms with Crippen LogP contribution in [0, 0.1) is 11.3 Å². The Balaban J connectivity index is 2.09. The van der Waals surface area contributed by atoms with Crippen LogP contribution in [0.5, 0.6) is 0 Å². The Morgan fingerprint density at radius 2 is 2.08 bits per heavy atom. The summed E-state index contributed by atoms with van der Waals surface area (Å²) in [6.45, 7) is 4.18. The van der Waals surface area contributed by atoms with Gasteiger partial charge in [0.15, 0.2) is 5.13 Å². The Bertz CT molecular complexity index is 821. The first-order valence-electron chi connectivity index (χ1n) is 7.72. The van der Waals surface area contributed by atoms with Gasteiger partial charge in [0.25, 0.3) is 5.91 Å². The number of carbonyl (C=O) groups excluding carboxylic acids is 2. The van der Waals surface area contributed by atoms with Crippen molar-refractivity contribution >= 4 is 34.4 Å². The van der Waals surface area contributed by atoms with Crippen molar-refractivity contribution in [3.63, 3.8) is 0 Å². The number of hydrogen-bond acceptors (Lipinski definition) is 5. The van der Waals surface area contributed by atoms with E-state index >= 15 is 0 Å². The highest BCUT2D eigenvalue weighted by Gasteiger charge is 2.14. The molecule has 25 heavy (non-hydrogen) atoms. The Hall–Kier alpha value is -2.98. The number of nitrogens with zero attached hydrogens (tertiary/aromatic N) is 3. The molecule has 0 radical (unpaired) electrons. The molecule has 7 heteroatoms. The molecule has 0 fully saturated rings. The summed E-state index contributed by atoms with van der Waals surface area (Å²) in [6, 6.07) is 11.3. The van der Waals surface area contributed by atoms with Gasteiger partial charge in [-0.1, -0.05) is 30.3 Å². The third-order valence-corrected chi connectivity index (χ3v) is 4.27. The van der Waals surface area contributed by atoms with Crippen LogP contribution in [0.4, 0.5) is 5.13 Å². The molecule has 2 amide bonds. The number of nitrogens with one attached hydrogen (secondary N) is 1. The zero-order chi connectivity index (χ0) is 18.2. The first kappa shape index (κ1) is 18.4. The number of benzene rings is 1. The minimum Gasteiger partial charge on any atom is -0.347 e. The van der Waals surface area contributed by atoms with Crippen LogP contribution in [0.3, 0.4) is 0 Å². The number of aromatic nitrogens is 1. The van der Waals surface area contributed by atoms with Gasteiger partial charge in [-0.15, -0.1) is 11.3 Å². The van der Waals surface area contributed by atoms with Crippen molar-refractivity contribution < 1.29 is 9.59 Å². The predicted molar refractivity (Wildman–Crippen MR) is 97.7 cm³/mol. The lowest BCUT2D eigenvalue weighted by molar-refractivity contribution is -0.117. The second-order valence-corrected chi connectivity index (χ2v) is 5.99. The number of rotatable bonds is 6. The fourth-order valence-corrected chi connectivity index (χ4v) is 3.02. The SMILES string of the molecule is CCN(C(C)=O)c1nc(/C=C(\C#N)C(=O)NCc2ccccc2)cs1. The minimum atomic E-state index is -0.459. The van der Waals surface area contributed by atoms with Gasteiger partial charge < -0.3 is 5.32 Å². The van der Waals surface area contributed by atoms with E-state index in [1.807, 2.05) is 43.3 Å². The maximum atomic E-state index is 12.2. The van der Waals surface area contributed by atoms with Crippen LogP contribution in [-0.2, 0) is 16.1 Å². The summed E-state index contributed by atoms with van der Waals surface area (Å²) < 4.78 is 0. The molecule has 128 valence electrons. The topological polar surface area (TPSA) is 86.1 Å². The van der Waals surface area contributed by atoms with Crippen LogP contribution in [0.15, 0.2) is 41.3 Å². The van der Waals surface area contributed by atoms with E-state index in [9.17, 15) is 14.9 Å². The van der Waals surface area contributed by atoms with Gasteiger partial charge in [-0.3, -0.25) is 14.5 Å². The lowest BCUT2D eigenvalue weighted by Crippen LogP contribution is -2.27. The molecule has 6 nitrogen and oxygen atoms in total. The van der Waals surface area contributed by atoms with Crippen LogP contribution < -0.4 is 10.2 Å². The standard InChI is InChI=1S/C18H18N4O2S/c1-3-22(13(2)23)18-21-16(12-25-18)9-15(10-19)17(24)20-11-14-7-5-4-6-8-14/h4-9,12H,3,11H2,1-2H3,(H,20,24)/b15-9+. The molecule has 1 heterocycles. The van der Waals surface area contributed by atoms with Crippen molar-refractivity contribution in [1.29, 1.82) is 5.26 Å². The van der Waals surface area contributed by atoms with Crippen molar-refractivity contribution in [3.05, 3.63) is 52.5 Å². The highest BCUT2D eigenvalue weighted by molar-refractivity contribution is 7.14. The van der Waals surface area contributed by atoms with Gasteiger partial charge in [-0.2, -0.15) is 5.26 Å². The lowest BCUT2D eigenvalue weighted by Gasteiger charge is -2.14. The molecule has 0 saturated carbocycles. The summed E-state index contributed by atoms with van der Waals surface area (Å²) in [6.07, 6.45) is 1.42. The van der Waals surface area contributed by atoms with Crippen LogP contribution in [0.1, 0.15) is 25.1 Å². The average Bonchev–Trinajstić information content (AvgIpc) is 3.07. The van der Waals surface area contributed by atoms with Crippen LogP contribution in [0.25, 0.3) is 6.08 Å². The number of carbonyl (C=O) groups is 2. The Kier molecular flexibility index (Phi) is 6.43. The molecule has 1 aromatic heterocycles. The Morgan fingerprint density at radius 3 is 2.68 bits per heavy atom. The van der Waals surface area contributed by atoms with Crippen LogP contribution >= 0.6 is 11.3 Å². The summed E-state index contributed by atoms with van der Waals surface area (Å²) in [5.41, 5.74) is 1.40. The Morgan fingerprint density at radius 1 is 1.36 bits per heavy atom. The van der Waals surface area contributed by atoms with E-state index in [0.29, 0.717) is 23.9 Å². The fraction of sp³-hybridized carbons (Fsp3) is 0.222. The van der Waals surface area contributed by atoms with Crippen molar-refractivity contribution in [2.24, 2.45) is 0 Å². The number of nitriles is 1. The summed E-state index contributed by atoms with van der Waals surface area (Å²) in [7, 11) is 0. The number of thiazole rings is 1. The molecule has 0 spiro atoms. The summed E-state index contributed by atoms with van der Waals surface area (Å²) in [5, 5.41) is 14.2. The van der Waals surface area contributed by atoms with E-state index in [-0.39, 0.29) is 11.5 Å². The monoisotopic (exact) mass is 354 g/mol. The van der Waals surface area contributed by atoms with Gasteiger partial charge in [-0.25, -0.2) is 4.98 Å². The maximum absolute atomic E-state index is 12.2. The molecule has 0 saturated heterocycles. The number of amides is 2. The summed E-state index contributed by atoms with van der Waals surface area (Å²) >= 11 is 1.29. The van der Waals surface area contributed by atoms with Crippen LogP contribution in [0.2, 0.25) is 0 Å². The van der Waals surface area contributed by atoms with Crippen molar-refractivity contribution in [2.45, 2.75) is 20.4 Å². The zero-order valence-electron chi connectivity index (χ0n) is 14.0. The molecule has 0 bridgehead atoms. The van der Waals surface area contributed by atoms with Crippen LogP contribution in [-0.4, -0.2) is 23.3 Å². The largest absolute Gasteiger partial charge is 0.347 e.